The molecule has 110 valence electrons. The molecule has 3 atom stereocenters. The molecule has 0 bridgehead atoms. The van der Waals surface area contributed by atoms with E-state index in [0.29, 0.717) is 6.42 Å². The molecule has 2 rings (SSSR count). The number of amides is 1. The molecular weight excluding hydrogens is 269 g/mol. The van der Waals surface area contributed by atoms with Crippen LogP contribution in [0.2, 0.25) is 0 Å². The molecule has 6 heteroatoms. The molecule has 1 aromatic carbocycles. The Morgan fingerprint density at radius 3 is 2.45 bits per heavy atom. The van der Waals surface area contributed by atoms with Gasteiger partial charge in [0.05, 0.1) is 6.04 Å². The fourth-order valence-corrected chi connectivity index (χ4v) is 2.73. The normalized spacial score (nSPS) is 27.8. The third kappa shape index (κ3) is 3.12. The summed E-state index contributed by atoms with van der Waals surface area (Å²) < 4.78 is 37.8. The van der Waals surface area contributed by atoms with Crippen LogP contribution < -0.4 is 5.73 Å². The summed E-state index contributed by atoms with van der Waals surface area (Å²) in [4.78, 5) is 12.7. The molecule has 1 heterocycles. The van der Waals surface area contributed by atoms with Crippen molar-refractivity contribution in [3.05, 3.63) is 35.9 Å². The number of nitrogens with two attached hydrogens (primary N) is 1. The average molecular weight is 286 g/mol. The van der Waals surface area contributed by atoms with Crippen LogP contribution in [0, 0.1) is 0 Å². The van der Waals surface area contributed by atoms with Crippen LogP contribution in [0.5, 0.6) is 0 Å². The Hall–Kier alpha value is -1.56. The van der Waals surface area contributed by atoms with E-state index in [2.05, 4.69) is 0 Å². The first-order valence-electron chi connectivity index (χ1n) is 6.47. The zero-order valence-electron chi connectivity index (χ0n) is 11.1. The quantitative estimate of drug-likeness (QED) is 0.906. The minimum atomic E-state index is -4.41. The number of hydrogen-bond acceptors (Lipinski definition) is 2. The zero-order valence-corrected chi connectivity index (χ0v) is 11.1. The van der Waals surface area contributed by atoms with Crippen molar-refractivity contribution in [3.8, 4) is 0 Å². The molecule has 1 aromatic rings. The lowest BCUT2D eigenvalue weighted by atomic mass is 9.82. The van der Waals surface area contributed by atoms with Gasteiger partial charge >= 0.3 is 6.18 Å². The molecular formula is C14H17F3N2O. The van der Waals surface area contributed by atoms with E-state index in [1.165, 1.54) is 0 Å². The lowest BCUT2D eigenvalue weighted by molar-refractivity contribution is -0.170. The lowest BCUT2D eigenvalue weighted by Gasteiger charge is -2.42. The third-order valence-corrected chi connectivity index (χ3v) is 3.76. The Bertz CT molecular complexity index is 475. The van der Waals surface area contributed by atoms with E-state index in [0.717, 1.165) is 10.5 Å². The Morgan fingerprint density at radius 1 is 1.30 bits per heavy atom. The molecule has 1 fully saturated rings. The van der Waals surface area contributed by atoms with Gasteiger partial charge in [0.2, 0.25) is 5.91 Å². The highest BCUT2D eigenvalue weighted by molar-refractivity contribution is 5.83. The van der Waals surface area contributed by atoms with Crippen LogP contribution >= 0.6 is 0 Å². The maximum absolute atomic E-state index is 12.6. The highest BCUT2D eigenvalue weighted by Gasteiger charge is 2.43. The van der Waals surface area contributed by atoms with Crippen molar-refractivity contribution >= 4 is 5.91 Å². The number of nitrogens with zero attached hydrogens (tertiary/aromatic N) is 1. The largest absolute Gasteiger partial charge is 0.406 e. The predicted octanol–water partition coefficient (Wildman–Crippen LogP) is 2.28. The van der Waals surface area contributed by atoms with E-state index < -0.39 is 30.7 Å². The van der Waals surface area contributed by atoms with Gasteiger partial charge in [-0.2, -0.15) is 13.2 Å². The summed E-state index contributed by atoms with van der Waals surface area (Å²) >= 11 is 0. The first-order valence-corrected chi connectivity index (χ1v) is 6.47. The smallest absolute Gasteiger partial charge is 0.329 e. The van der Waals surface area contributed by atoms with Crippen LogP contribution in [0.1, 0.15) is 24.8 Å². The maximum atomic E-state index is 12.6. The second kappa shape index (κ2) is 5.44. The third-order valence-electron chi connectivity index (χ3n) is 3.76. The fraction of sp³-hybridized carbons (Fsp3) is 0.500. The lowest BCUT2D eigenvalue weighted by Crippen LogP contribution is -2.57. The van der Waals surface area contributed by atoms with E-state index in [9.17, 15) is 18.0 Å². The van der Waals surface area contributed by atoms with Crippen LogP contribution in [0.4, 0.5) is 13.2 Å². The van der Waals surface area contributed by atoms with E-state index in [1.54, 1.807) is 6.92 Å². The number of piperidine rings is 1. The van der Waals surface area contributed by atoms with Crippen molar-refractivity contribution in [3.63, 3.8) is 0 Å². The number of alkyl halides is 3. The molecule has 1 aliphatic heterocycles. The summed E-state index contributed by atoms with van der Waals surface area (Å²) in [5.41, 5.74) is 6.63. The van der Waals surface area contributed by atoms with Crippen LogP contribution in [-0.2, 0) is 4.79 Å². The highest BCUT2D eigenvalue weighted by atomic mass is 19.4. The summed E-state index contributed by atoms with van der Waals surface area (Å²) in [6.45, 7) is 0.400. The SMILES string of the molecule is C[C@@H]1C(c2ccccc2)C[C@H](N)C(=O)N1CC(F)(F)F. The second-order valence-corrected chi connectivity index (χ2v) is 5.18. The van der Waals surface area contributed by atoms with Gasteiger partial charge in [-0.3, -0.25) is 4.79 Å². The Labute approximate surface area is 115 Å². The van der Waals surface area contributed by atoms with Crippen LogP contribution in [0.25, 0.3) is 0 Å². The van der Waals surface area contributed by atoms with Gasteiger partial charge in [-0.15, -0.1) is 0 Å². The monoisotopic (exact) mass is 286 g/mol. The summed E-state index contributed by atoms with van der Waals surface area (Å²) in [5, 5.41) is 0. The van der Waals surface area contributed by atoms with E-state index >= 15 is 0 Å². The first-order chi connectivity index (χ1) is 9.29. The van der Waals surface area contributed by atoms with Crippen molar-refractivity contribution in [2.75, 3.05) is 6.54 Å². The fourth-order valence-electron chi connectivity index (χ4n) is 2.73. The summed E-state index contributed by atoms with van der Waals surface area (Å²) in [5.74, 6) is -0.798. The number of carbonyl (C=O) groups excluding carboxylic acids is 1. The van der Waals surface area contributed by atoms with Gasteiger partial charge in [-0.25, -0.2) is 0 Å². The minimum absolute atomic E-state index is 0.175. The topological polar surface area (TPSA) is 46.3 Å². The molecule has 0 saturated carbocycles. The molecule has 0 aromatic heterocycles. The number of carbonyl (C=O) groups is 1. The molecule has 20 heavy (non-hydrogen) atoms. The molecule has 0 aliphatic carbocycles. The Morgan fingerprint density at radius 2 is 1.90 bits per heavy atom. The molecule has 1 amide bonds. The predicted molar refractivity (Wildman–Crippen MR) is 69.0 cm³/mol. The maximum Gasteiger partial charge on any atom is 0.406 e. The van der Waals surface area contributed by atoms with Gasteiger partial charge in [0.1, 0.15) is 6.54 Å². The molecule has 1 unspecified atom stereocenters. The van der Waals surface area contributed by atoms with Gasteiger partial charge < -0.3 is 10.6 Å². The number of hydrogen-bond donors (Lipinski definition) is 1. The van der Waals surface area contributed by atoms with Crippen molar-refractivity contribution in [2.24, 2.45) is 5.73 Å². The van der Waals surface area contributed by atoms with Crippen LogP contribution in [0.15, 0.2) is 30.3 Å². The van der Waals surface area contributed by atoms with E-state index in [4.69, 9.17) is 5.73 Å². The number of rotatable bonds is 2. The molecule has 1 aliphatic rings. The summed E-state index contributed by atoms with van der Waals surface area (Å²) in [6.07, 6.45) is -4.04. The molecule has 2 N–H and O–H groups in total. The molecule has 3 nitrogen and oxygen atoms in total. The van der Waals surface area contributed by atoms with Crippen LogP contribution in [0.3, 0.4) is 0 Å². The first kappa shape index (κ1) is 14.8. The highest BCUT2D eigenvalue weighted by Crippen LogP contribution is 2.34. The minimum Gasteiger partial charge on any atom is -0.329 e. The van der Waals surface area contributed by atoms with Gasteiger partial charge in [-0.05, 0) is 18.9 Å². The van der Waals surface area contributed by atoms with Gasteiger partial charge in [0.15, 0.2) is 0 Å². The number of benzene rings is 1. The van der Waals surface area contributed by atoms with Gasteiger partial charge in [0, 0.05) is 12.0 Å². The summed E-state index contributed by atoms with van der Waals surface area (Å²) in [7, 11) is 0. The van der Waals surface area contributed by atoms with Crippen molar-refractivity contribution in [1.82, 2.24) is 4.90 Å². The summed E-state index contributed by atoms with van der Waals surface area (Å²) in [6, 6.07) is 7.82. The Kier molecular flexibility index (Phi) is 4.04. The standard InChI is InChI=1S/C14H17F3N2O/c1-9-11(10-5-3-2-4-6-10)7-12(18)13(20)19(9)8-14(15,16)17/h2-6,9,11-12H,7-8,18H2,1H3/t9-,11?,12+/m1/s1. The van der Waals surface area contributed by atoms with Gasteiger partial charge in [0.25, 0.3) is 0 Å². The molecule has 0 spiro atoms. The average Bonchev–Trinajstić information content (AvgIpc) is 2.39. The number of halogens is 3. The van der Waals surface area contributed by atoms with Crippen molar-refractivity contribution in [1.29, 1.82) is 0 Å². The van der Waals surface area contributed by atoms with Crippen molar-refractivity contribution < 1.29 is 18.0 Å². The van der Waals surface area contributed by atoms with Crippen molar-refractivity contribution in [2.45, 2.75) is 37.5 Å². The van der Waals surface area contributed by atoms with E-state index in [-0.39, 0.29) is 5.92 Å². The zero-order chi connectivity index (χ0) is 14.9. The van der Waals surface area contributed by atoms with E-state index in [1.807, 2.05) is 30.3 Å². The second-order valence-electron chi connectivity index (χ2n) is 5.18. The van der Waals surface area contributed by atoms with Crippen LogP contribution in [-0.4, -0.2) is 35.6 Å². The number of likely N-dealkylation sites (tertiary alicyclic amines) is 1. The van der Waals surface area contributed by atoms with Gasteiger partial charge in [-0.1, -0.05) is 30.3 Å². The Balaban J connectivity index is 2.26. The molecule has 1 saturated heterocycles. The molecule has 0 radical (unpaired) electrons.